The molecule has 0 atom stereocenters. The highest BCUT2D eigenvalue weighted by atomic mass is 15.1. The lowest BCUT2D eigenvalue weighted by Crippen LogP contribution is -2.08. The maximum Gasteiger partial charge on any atom is 0.222 e. The molecular formula is C15H17N3. The minimum atomic E-state index is 0.661. The van der Waals surface area contributed by atoms with E-state index in [1.165, 1.54) is 30.4 Å². The molecule has 1 aliphatic carbocycles. The van der Waals surface area contributed by atoms with E-state index < -0.39 is 0 Å². The second kappa shape index (κ2) is 4.77. The summed E-state index contributed by atoms with van der Waals surface area (Å²) < 4.78 is 0. The van der Waals surface area contributed by atoms with Gasteiger partial charge in [0.2, 0.25) is 5.95 Å². The van der Waals surface area contributed by atoms with Gasteiger partial charge >= 0.3 is 0 Å². The van der Waals surface area contributed by atoms with Crippen molar-refractivity contribution < 1.29 is 0 Å². The van der Waals surface area contributed by atoms with Crippen molar-refractivity contribution >= 4 is 5.95 Å². The van der Waals surface area contributed by atoms with Crippen LogP contribution in [0.5, 0.6) is 0 Å². The molecule has 0 bridgehead atoms. The molecule has 3 heteroatoms. The summed E-state index contributed by atoms with van der Waals surface area (Å²) in [5, 5.41) is 2.93. The molecule has 2 aromatic rings. The molecule has 92 valence electrons. The van der Waals surface area contributed by atoms with Gasteiger partial charge in [-0.15, -0.1) is 0 Å². The van der Waals surface area contributed by atoms with Gasteiger partial charge in [-0.05, 0) is 29.9 Å². The minimum absolute atomic E-state index is 0.661. The quantitative estimate of drug-likeness (QED) is 0.891. The Kier molecular flexibility index (Phi) is 2.97. The Labute approximate surface area is 107 Å². The van der Waals surface area contributed by atoms with Crippen LogP contribution in [0.3, 0.4) is 0 Å². The molecule has 1 aliphatic rings. The molecule has 1 aromatic heterocycles. The molecule has 1 N–H and O–H groups in total. The molecule has 1 aromatic carbocycles. The van der Waals surface area contributed by atoms with E-state index in [0.29, 0.717) is 5.95 Å². The van der Waals surface area contributed by atoms with Gasteiger partial charge in [-0.25, -0.2) is 9.97 Å². The number of nitrogens with zero attached hydrogens (tertiary/aromatic N) is 2. The lowest BCUT2D eigenvalue weighted by Gasteiger charge is -2.26. The van der Waals surface area contributed by atoms with Crippen LogP contribution in [0.15, 0.2) is 36.7 Å². The Morgan fingerprint density at radius 1 is 1.11 bits per heavy atom. The molecule has 0 spiro atoms. The van der Waals surface area contributed by atoms with Gasteiger partial charge in [0.15, 0.2) is 0 Å². The molecule has 1 heterocycles. The van der Waals surface area contributed by atoms with Crippen molar-refractivity contribution in [2.45, 2.75) is 25.2 Å². The van der Waals surface area contributed by atoms with E-state index >= 15 is 0 Å². The third kappa shape index (κ3) is 2.08. The van der Waals surface area contributed by atoms with E-state index in [4.69, 9.17) is 0 Å². The Balaban J connectivity index is 1.90. The molecule has 1 saturated carbocycles. The van der Waals surface area contributed by atoms with E-state index in [1.54, 1.807) is 0 Å². The molecule has 0 aliphatic heterocycles. The van der Waals surface area contributed by atoms with Crippen LogP contribution in [0.25, 0.3) is 11.1 Å². The van der Waals surface area contributed by atoms with Gasteiger partial charge in [-0.3, -0.25) is 0 Å². The summed E-state index contributed by atoms with van der Waals surface area (Å²) in [5.41, 5.74) is 3.74. The third-order valence-corrected chi connectivity index (χ3v) is 3.67. The molecule has 0 radical (unpaired) electrons. The van der Waals surface area contributed by atoms with Gasteiger partial charge in [0.05, 0.1) is 0 Å². The fraction of sp³-hybridized carbons (Fsp3) is 0.333. The molecular weight excluding hydrogens is 222 g/mol. The zero-order chi connectivity index (χ0) is 12.4. The largest absolute Gasteiger partial charge is 0.357 e. The van der Waals surface area contributed by atoms with Crippen molar-refractivity contribution in [3.8, 4) is 11.1 Å². The van der Waals surface area contributed by atoms with Crippen molar-refractivity contribution in [1.29, 1.82) is 0 Å². The first-order valence-electron chi connectivity index (χ1n) is 6.47. The van der Waals surface area contributed by atoms with Gasteiger partial charge in [-0.2, -0.15) is 0 Å². The van der Waals surface area contributed by atoms with Crippen molar-refractivity contribution in [1.82, 2.24) is 9.97 Å². The number of aromatic nitrogens is 2. The van der Waals surface area contributed by atoms with E-state index in [0.717, 1.165) is 11.5 Å². The summed E-state index contributed by atoms with van der Waals surface area (Å²) in [5.74, 6) is 1.43. The summed E-state index contributed by atoms with van der Waals surface area (Å²) in [7, 11) is 1.83. The van der Waals surface area contributed by atoms with E-state index in [2.05, 4.69) is 39.6 Å². The highest BCUT2D eigenvalue weighted by molar-refractivity contribution is 5.63. The lowest BCUT2D eigenvalue weighted by atomic mass is 9.79. The highest BCUT2D eigenvalue weighted by Gasteiger charge is 2.19. The zero-order valence-electron chi connectivity index (χ0n) is 10.6. The smallest absolute Gasteiger partial charge is 0.222 e. The first-order chi connectivity index (χ1) is 8.86. The molecule has 0 saturated heterocycles. The molecule has 1 fully saturated rings. The number of hydrogen-bond donors (Lipinski definition) is 1. The zero-order valence-corrected chi connectivity index (χ0v) is 10.6. The second-order valence-corrected chi connectivity index (χ2v) is 4.80. The van der Waals surface area contributed by atoms with Crippen LogP contribution in [-0.2, 0) is 0 Å². The first kappa shape index (κ1) is 11.2. The monoisotopic (exact) mass is 239 g/mol. The maximum absolute atomic E-state index is 4.26. The van der Waals surface area contributed by atoms with Crippen LogP contribution in [-0.4, -0.2) is 17.0 Å². The summed E-state index contributed by atoms with van der Waals surface area (Å²) >= 11 is 0. The minimum Gasteiger partial charge on any atom is -0.357 e. The summed E-state index contributed by atoms with van der Waals surface area (Å²) in [6.45, 7) is 0. The van der Waals surface area contributed by atoms with Crippen LogP contribution in [0.1, 0.15) is 30.7 Å². The number of anilines is 1. The summed E-state index contributed by atoms with van der Waals surface area (Å²) in [4.78, 5) is 8.52. The normalized spacial score (nSPS) is 15.2. The van der Waals surface area contributed by atoms with Gasteiger partial charge in [-0.1, -0.05) is 30.7 Å². The standard InChI is InChI=1S/C15H17N3/c1-16-15-17-9-14(10-18-15)13-7-3-6-12(8-13)11-4-2-5-11/h3,6-11H,2,4-5H2,1H3,(H,16,17,18). The number of rotatable bonds is 3. The van der Waals surface area contributed by atoms with Crippen molar-refractivity contribution in [3.63, 3.8) is 0 Å². The average Bonchev–Trinajstić information content (AvgIpc) is 2.37. The number of nitrogens with one attached hydrogen (secondary N) is 1. The number of benzene rings is 1. The van der Waals surface area contributed by atoms with E-state index in [9.17, 15) is 0 Å². The maximum atomic E-state index is 4.26. The fourth-order valence-electron chi connectivity index (χ4n) is 2.32. The van der Waals surface area contributed by atoms with Gasteiger partial charge in [0, 0.05) is 25.0 Å². The second-order valence-electron chi connectivity index (χ2n) is 4.80. The Hall–Kier alpha value is -1.90. The molecule has 0 amide bonds. The SMILES string of the molecule is CNc1ncc(-c2cccc(C3CCC3)c2)cn1. The molecule has 3 nitrogen and oxygen atoms in total. The van der Waals surface area contributed by atoms with Crippen molar-refractivity contribution in [2.24, 2.45) is 0 Å². The Morgan fingerprint density at radius 2 is 1.89 bits per heavy atom. The van der Waals surface area contributed by atoms with Gasteiger partial charge < -0.3 is 5.32 Å². The van der Waals surface area contributed by atoms with Crippen molar-refractivity contribution in [2.75, 3.05) is 12.4 Å². The van der Waals surface area contributed by atoms with E-state index in [-0.39, 0.29) is 0 Å². The predicted molar refractivity (Wildman–Crippen MR) is 73.6 cm³/mol. The Morgan fingerprint density at radius 3 is 2.50 bits per heavy atom. The van der Waals surface area contributed by atoms with Crippen molar-refractivity contribution in [3.05, 3.63) is 42.2 Å². The molecule has 3 rings (SSSR count). The molecule has 18 heavy (non-hydrogen) atoms. The van der Waals surface area contributed by atoms with Crippen LogP contribution in [0.4, 0.5) is 5.95 Å². The topological polar surface area (TPSA) is 37.8 Å². The van der Waals surface area contributed by atoms with Crippen LogP contribution < -0.4 is 5.32 Å². The van der Waals surface area contributed by atoms with Crippen LogP contribution >= 0.6 is 0 Å². The highest BCUT2D eigenvalue weighted by Crippen LogP contribution is 2.37. The first-order valence-corrected chi connectivity index (χ1v) is 6.47. The van der Waals surface area contributed by atoms with Crippen LogP contribution in [0.2, 0.25) is 0 Å². The predicted octanol–water partition coefficient (Wildman–Crippen LogP) is 3.45. The van der Waals surface area contributed by atoms with E-state index in [1.807, 2.05) is 19.4 Å². The fourth-order valence-corrected chi connectivity index (χ4v) is 2.32. The Bertz CT molecular complexity index is 530. The number of hydrogen-bond acceptors (Lipinski definition) is 3. The average molecular weight is 239 g/mol. The van der Waals surface area contributed by atoms with Gasteiger partial charge in [0.25, 0.3) is 0 Å². The summed E-state index contributed by atoms with van der Waals surface area (Å²) in [6.07, 6.45) is 7.78. The molecule has 0 unspecified atom stereocenters. The third-order valence-electron chi connectivity index (χ3n) is 3.67. The van der Waals surface area contributed by atoms with Crippen LogP contribution in [0, 0.1) is 0 Å². The summed E-state index contributed by atoms with van der Waals surface area (Å²) in [6, 6.07) is 8.77. The lowest BCUT2D eigenvalue weighted by molar-refractivity contribution is 0.420. The van der Waals surface area contributed by atoms with Gasteiger partial charge in [0.1, 0.15) is 0 Å².